The Kier molecular flexibility index (Phi) is 5.20. The minimum atomic E-state index is -0.396. The number of carbonyl (C=O) groups excluding carboxylic acids is 1. The van der Waals surface area contributed by atoms with Crippen molar-refractivity contribution in [2.45, 2.75) is 71.9 Å². The van der Waals surface area contributed by atoms with Crippen LogP contribution in [0.15, 0.2) is 0 Å². The minimum absolute atomic E-state index is 0.104. The SMILES string of the molecule is CC(C)C1CCC(N)C(CC(=O)OC(C)(C)C)C1. The number of nitrogens with two attached hydrogens (primary N) is 1. The molecule has 0 saturated heterocycles. The molecule has 0 heterocycles. The first-order valence-corrected chi connectivity index (χ1v) is 7.16. The lowest BCUT2D eigenvalue weighted by atomic mass is 9.73. The highest BCUT2D eigenvalue weighted by atomic mass is 16.6. The number of rotatable bonds is 3. The van der Waals surface area contributed by atoms with Crippen LogP contribution in [-0.4, -0.2) is 17.6 Å². The molecule has 1 fully saturated rings. The molecule has 0 amide bonds. The van der Waals surface area contributed by atoms with Crippen molar-refractivity contribution in [2.24, 2.45) is 23.5 Å². The van der Waals surface area contributed by atoms with Crippen molar-refractivity contribution in [3.8, 4) is 0 Å². The summed E-state index contributed by atoms with van der Waals surface area (Å²) in [5.41, 5.74) is 5.75. The van der Waals surface area contributed by atoms with Crippen molar-refractivity contribution in [1.82, 2.24) is 0 Å². The number of hydrogen-bond acceptors (Lipinski definition) is 3. The van der Waals surface area contributed by atoms with Gasteiger partial charge in [0.05, 0.1) is 0 Å². The molecule has 3 atom stereocenters. The van der Waals surface area contributed by atoms with E-state index >= 15 is 0 Å². The van der Waals surface area contributed by atoms with E-state index in [-0.39, 0.29) is 12.0 Å². The smallest absolute Gasteiger partial charge is 0.306 e. The molecular weight excluding hydrogens is 226 g/mol. The third-order valence-corrected chi connectivity index (χ3v) is 3.87. The Hall–Kier alpha value is -0.570. The molecule has 3 heteroatoms. The van der Waals surface area contributed by atoms with E-state index in [1.807, 2.05) is 20.8 Å². The molecule has 0 aromatic heterocycles. The molecule has 106 valence electrons. The Morgan fingerprint density at radius 1 is 1.33 bits per heavy atom. The molecule has 3 unspecified atom stereocenters. The van der Waals surface area contributed by atoms with Gasteiger partial charge in [-0.1, -0.05) is 13.8 Å². The van der Waals surface area contributed by atoms with E-state index in [0.29, 0.717) is 24.2 Å². The van der Waals surface area contributed by atoms with E-state index in [1.54, 1.807) is 0 Å². The summed E-state index contributed by atoms with van der Waals surface area (Å²) in [6.07, 6.45) is 3.78. The molecule has 1 aliphatic rings. The third-order valence-electron chi connectivity index (χ3n) is 3.87. The van der Waals surface area contributed by atoms with Gasteiger partial charge in [-0.3, -0.25) is 4.79 Å². The maximum absolute atomic E-state index is 11.9. The molecule has 0 aliphatic heterocycles. The van der Waals surface area contributed by atoms with E-state index < -0.39 is 5.60 Å². The van der Waals surface area contributed by atoms with Gasteiger partial charge < -0.3 is 10.5 Å². The lowest BCUT2D eigenvalue weighted by Gasteiger charge is -2.36. The largest absolute Gasteiger partial charge is 0.460 e. The molecule has 18 heavy (non-hydrogen) atoms. The van der Waals surface area contributed by atoms with Crippen molar-refractivity contribution >= 4 is 5.97 Å². The van der Waals surface area contributed by atoms with Crippen LogP contribution in [0.3, 0.4) is 0 Å². The molecule has 0 radical (unpaired) electrons. The van der Waals surface area contributed by atoms with Gasteiger partial charge >= 0.3 is 5.97 Å². The van der Waals surface area contributed by atoms with Gasteiger partial charge in [0.25, 0.3) is 0 Å². The van der Waals surface area contributed by atoms with E-state index in [2.05, 4.69) is 13.8 Å². The number of esters is 1. The second-order valence-electron chi connectivity index (χ2n) is 7.03. The number of ether oxygens (including phenoxy) is 1. The van der Waals surface area contributed by atoms with Crippen molar-refractivity contribution in [3.05, 3.63) is 0 Å². The standard InChI is InChI=1S/C15H29NO2/c1-10(2)11-6-7-13(16)12(8-11)9-14(17)18-15(3,4)5/h10-13H,6-9,16H2,1-5H3. The maximum atomic E-state index is 11.9. The van der Waals surface area contributed by atoms with Crippen molar-refractivity contribution in [2.75, 3.05) is 0 Å². The molecule has 1 saturated carbocycles. The molecule has 1 aliphatic carbocycles. The molecule has 2 N–H and O–H groups in total. The van der Waals surface area contributed by atoms with Gasteiger partial charge in [0, 0.05) is 12.5 Å². The van der Waals surface area contributed by atoms with E-state index in [9.17, 15) is 4.79 Å². The van der Waals surface area contributed by atoms with Crippen molar-refractivity contribution in [1.29, 1.82) is 0 Å². The van der Waals surface area contributed by atoms with Crippen LogP contribution < -0.4 is 5.73 Å². The topological polar surface area (TPSA) is 52.3 Å². The summed E-state index contributed by atoms with van der Waals surface area (Å²) in [6, 6.07) is 0.160. The summed E-state index contributed by atoms with van der Waals surface area (Å²) in [4.78, 5) is 11.9. The Morgan fingerprint density at radius 3 is 2.44 bits per heavy atom. The summed E-state index contributed by atoms with van der Waals surface area (Å²) < 4.78 is 5.39. The van der Waals surface area contributed by atoms with Crippen LogP contribution in [-0.2, 0) is 9.53 Å². The lowest BCUT2D eigenvalue weighted by molar-refractivity contribution is -0.156. The van der Waals surface area contributed by atoms with Crippen molar-refractivity contribution in [3.63, 3.8) is 0 Å². The zero-order valence-corrected chi connectivity index (χ0v) is 12.5. The van der Waals surface area contributed by atoms with E-state index in [0.717, 1.165) is 12.8 Å². The van der Waals surface area contributed by atoms with Crippen LogP contribution in [0.4, 0.5) is 0 Å². The molecule has 3 nitrogen and oxygen atoms in total. The zero-order chi connectivity index (χ0) is 13.9. The monoisotopic (exact) mass is 255 g/mol. The fourth-order valence-electron chi connectivity index (χ4n) is 2.76. The molecular formula is C15H29NO2. The van der Waals surface area contributed by atoms with Crippen LogP contribution >= 0.6 is 0 Å². The summed E-state index contributed by atoms with van der Waals surface area (Å²) >= 11 is 0. The van der Waals surface area contributed by atoms with Crippen molar-refractivity contribution < 1.29 is 9.53 Å². The second-order valence-corrected chi connectivity index (χ2v) is 7.03. The normalized spacial score (nSPS) is 29.4. The van der Waals surface area contributed by atoms with Gasteiger partial charge in [-0.05, 0) is 57.8 Å². The van der Waals surface area contributed by atoms with Crippen LogP contribution in [0.25, 0.3) is 0 Å². The first-order valence-electron chi connectivity index (χ1n) is 7.16. The molecule has 0 aromatic carbocycles. The maximum Gasteiger partial charge on any atom is 0.306 e. The molecule has 1 rings (SSSR count). The average molecular weight is 255 g/mol. The third kappa shape index (κ3) is 4.97. The van der Waals surface area contributed by atoms with Gasteiger partial charge in [0.1, 0.15) is 5.60 Å². The van der Waals surface area contributed by atoms with Crippen LogP contribution in [0.5, 0.6) is 0 Å². The first-order chi connectivity index (χ1) is 8.19. The fourth-order valence-corrected chi connectivity index (χ4v) is 2.76. The molecule has 0 spiro atoms. The van der Waals surface area contributed by atoms with Gasteiger partial charge in [0.15, 0.2) is 0 Å². The minimum Gasteiger partial charge on any atom is -0.460 e. The van der Waals surface area contributed by atoms with Crippen LogP contribution in [0.1, 0.15) is 60.3 Å². The van der Waals surface area contributed by atoms with Gasteiger partial charge in [-0.15, -0.1) is 0 Å². The Bertz CT molecular complexity index is 281. The highest BCUT2D eigenvalue weighted by Gasteiger charge is 2.32. The quantitative estimate of drug-likeness (QED) is 0.788. The number of carbonyl (C=O) groups is 1. The summed E-state index contributed by atoms with van der Waals surface area (Å²) in [5.74, 6) is 1.57. The lowest BCUT2D eigenvalue weighted by Crippen LogP contribution is -2.39. The summed E-state index contributed by atoms with van der Waals surface area (Å²) in [7, 11) is 0. The first kappa shape index (κ1) is 15.5. The zero-order valence-electron chi connectivity index (χ0n) is 12.5. The second kappa shape index (κ2) is 6.05. The predicted molar refractivity (Wildman–Crippen MR) is 74.1 cm³/mol. The van der Waals surface area contributed by atoms with Gasteiger partial charge in [-0.2, -0.15) is 0 Å². The highest BCUT2D eigenvalue weighted by Crippen LogP contribution is 2.35. The molecule has 0 bridgehead atoms. The molecule has 0 aromatic rings. The fraction of sp³-hybridized carbons (Fsp3) is 0.933. The Labute approximate surface area is 111 Å². The summed E-state index contributed by atoms with van der Waals surface area (Å²) in [5, 5.41) is 0. The van der Waals surface area contributed by atoms with E-state index in [4.69, 9.17) is 10.5 Å². The van der Waals surface area contributed by atoms with E-state index in [1.165, 1.54) is 6.42 Å². The Balaban J connectivity index is 2.51. The van der Waals surface area contributed by atoms with Crippen LogP contribution in [0.2, 0.25) is 0 Å². The average Bonchev–Trinajstić information content (AvgIpc) is 2.18. The number of hydrogen-bond donors (Lipinski definition) is 1. The van der Waals surface area contributed by atoms with Crippen LogP contribution in [0, 0.1) is 17.8 Å². The van der Waals surface area contributed by atoms with Gasteiger partial charge in [0.2, 0.25) is 0 Å². The highest BCUT2D eigenvalue weighted by molar-refractivity contribution is 5.70. The summed E-state index contributed by atoms with van der Waals surface area (Å²) in [6.45, 7) is 10.2. The van der Waals surface area contributed by atoms with Gasteiger partial charge in [-0.25, -0.2) is 0 Å². The predicted octanol–water partition coefficient (Wildman–Crippen LogP) is 3.12. The Morgan fingerprint density at radius 2 is 1.94 bits per heavy atom.